The summed E-state index contributed by atoms with van der Waals surface area (Å²) in [4.78, 5) is 23.2. The van der Waals surface area contributed by atoms with Gasteiger partial charge in [0.25, 0.3) is 0 Å². The van der Waals surface area contributed by atoms with Gasteiger partial charge in [-0.25, -0.2) is 0 Å². The van der Waals surface area contributed by atoms with Gasteiger partial charge in [0.15, 0.2) is 0 Å². The number of methoxy groups -OCH3 is 2. The standard InChI is InChI=1S/2C12H18O4.O.V/c2*1-4-5-6-7-9-10(13)11(14)12(15-3)8(2)16-9;;/h2*13H,4-7H2,1-3H3;;/q;;;+2/p-2. The summed E-state index contributed by atoms with van der Waals surface area (Å²) in [7, 11) is 2.71. The van der Waals surface area contributed by atoms with Crippen LogP contribution in [0.5, 0.6) is 23.0 Å². The van der Waals surface area contributed by atoms with E-state index in [1.165, 1.54) is 14.2 Å². The Hall–Kier alpha value is -2.52. The number of hydrogen-bond donors (Lipinski definition) is 0. The van der Waals surface area contributed by atoms with Crippen LogP contribution in [0.3, 0.4) is 0 Å². The topological polar surface area (TPSA) is 142 Å². The van der Waals surface area contributed by atoms with Gasteiger partial charge < -0.3 is 28.5 Å². The number of ether oxygens (including phenoxy) is 2. The van der Waals surface area contributed by atoms with Crippen LogP contribution in [0.2, 0.25) is 0 Å². The first-order chi connectivity index (χ1) is 16.2. The maximum atomic E-state index is 11.6. The molecule has 0 bridgehead atoms. The van der Waals surface area contributed by atoms with E-state index < -0.39 is 22.4 Å². The monoisotopic (exact) mass is 517 g/mol. The summed E-state index contributed by atoms with van der Waals surface area (Å²) in [5.41, 5.74) is -1.20. The van der Waals surface area contributed by atoms with E-state index in [1.54, 1.807) is 13.8 Å². The SMILES string of the molecule is CCCCCc1oc(C)c(OC)c(=O)c1[O-].CCCCCc1oc(C)c(OC)c(=O)c1[O-].[O]=[V+2]. The van der Waals surface area contributed by atoms with Crippen LogP contribution >= 0.6 is 0 Å². The molecule has 0 amide bonds. The van der Waals surface area contributed by atoms with Gasteiger partial charge in [0, 0.05) is 12.8 Å². The van der Waals surface area contributed by atoms with Crippen molar-refractivity contribution in [2.24, 2.45) is 0 Å². The molecule has 0 saturated heterocycles. The minimum atomic E-state index is -0.599. The fraction of sp³-hybridized carbons (Fsp3) is 0.583. The molecular weight excluding hydrogens is 483 g/mol. The van der Waals surface area contributed by atoms with Gasteiger partial charge in [0.05, 0.1) is 25.7 Å². The number of hydrogen-bond acceptors (Lipinski definition) is 9. The number of unbranched alkanes of at least 4 members (excludes halogenated alkanes) is 4. The van der Waals surface area contributed by atoms with Gasteiger partial charge in [-0.3, -0.25) is 9.59 Å². The van der Waals surface area contributed by atoms with Crippen molar-refractivity contribution in [1.29, 1.82) is 0 Å². The molecular formula is C24H34O9V. The van der Waals surface area contributed by atoms with Gasteiger partial charge in [-0.2, -0.15) is 0 Å². The molecule has 0 atom stereocenters. The van der Waals surface area contributed by atoms with Crippen molar-refractivity contribution in [3.05, 3.63) is 43.5 Å². The Balaban J connectivity index is 0.000000597. The first kappa shape index (κ1) is 31.5. The summed E-state index contributed by atoms with van der Waals surface area (Å²) in [6, 6.07) is 0. The van der Waals surface area contributed by atoms with E-state index in [1.807, 2.05) is 0 Å². The quantitative estimate of drug-likeness (QED) is 0.433. The van der Waals surface area contributed by atoms with E-state index in [2.05, 4.69) is 13.8 Å². The maximum absolute atomic E-state index is 11.6. The molecule has 0 unspecified atom stereocenters. The Morgan fingerprint density at radius 3 is 1.29 bits per heavy atom. The second kappa shape index (κ2) is 17.0. The average molecular weight is 517 g/mol. The Bertz CT molecular complexity index is 916. The molecule has 2 heterocycles. The molecule has 0 radical (unpaired) electrons. The van der Waals surface area contributed by atoms with Gasteiger partial charge in [-0.15, -0.1) is 0 Å². The Morgan fingerprint density at radius 1 is 0.706 bits per heavy atom. The van der Waals surface area contributed by atoms with E-state index in [9.17, 15) is 19.8 Å². The molecule has 2 rings (SSSR count). The molecule has 0 N–H and O–H groups in total. The molecule has 34 heavy (non-hydrogen) atoms. The Morgan fingerprint density at radius 2 is 1.03 bits per heavy atom. The summed E-state index contributed by atoms with van der Waals surface area (Å²) < 4.78 is 28.5. The molecule has 0 aliphatic rings. The molecule has 0 fully saturated rings. The van der Waals surface area contributed by atoms with Crippen LogP contribution in [0.15, 0.2) is 18.4 Å². The van der Waals surface area contributed by atoms with Crippen molar-refractivity contribution in [2.75, 3.05) is 14.2 Å². The van der Waals surface area contributed by atoms with Gasteiger partial charge in [-0.05, 0) is 38.2 Å². The Kier molecular flexibility index (Phi) is 15.7. The molecule has 2 aromatic rings. The third-order valence-corrected chi connectivity index (χ3v) is 4.95. The van der Waals surface area contributed by atoms with Crippen LogP contribution in [0.25, 0.3) is 0 Å². The van der Waals surface area contributed by atoms with Gasteiger partial charge in [0.1, 0.15) is 11.5 Å². The third-order valence-electron chi connectivity index (χ3n) is 4.95. The first-order valence-corrected chi connectivity index (χ1v) is 11.7. The molecule has 189 valence electrons. The zero-order chi connectivity index (χ0) is 26.3. The molecule has 2 aromatic heterocycles. The van der Waals surface area contributed by atoms with E-state index in [-0.39, 0.29) is 23.0 Å². The molecule has 0 aromatic carbocycles. The van der Waals surface area contributed by atoms with E-state index in [0.29, 0.717) is 24.4 Å². The van der Waals surface area contributed by atoms with Crippen LogP contribution in [0.4, 0.5) is 0 Å². The summed E-state index contributed by atoms with van der Waals surface area (Å²) in [5.74, 6) is 0.135. The molecule has 0 saturated carbocycles. The molecule has 0 aliphatic carbocycles. The van der Waals surface area contributed by atoms with Gasteiger partial charge in [0.2, 0.25) is 22.4 Å². The second-order valence-corrected chi connectivity index (χ2v) is 7.46. The minimum absolute atomic E-state index is 0.0178. The second-order valence-electron chi connectivity index (χ2n) is 7.46. The van der Waals surface area contributed by atoms with Crippen molar-refractivity contribution in [1.82, 2.24) is 0 Å². The summed E-state index contributed by atoms with van der Waals surface area (Å²) in [6.45, 7) is 7.41. The van der Waals surface area contributed by atoms with Crippen LogP contribution in [-0.2, 0) is 33.9 Å². The normalized spacial score (nSPS) is 10.0. The molecule has 9 nitrogen and oxygen atoms in total. The van der Waals surface area contributed by atoms with Crippen LogP contribution in [-0.4, -0.2) is 14.2 Å². The summed E-state index contributed by atoms with van der Waals surface area (Å²) in [6.07, 6.45) is 6.93. The van der Waals surface area contributed by atoms with Crippen molar-refractivity contribution in [2.45, 2.75) is 79.1 Å². The van der Waals surface area contributed by atoms with E-state index in [0.717, 1.165) is 55.9 Å². The van der Waals surface area contributed by atoms with Crippen LogP contribution < -0.4 is 30.5 Å². The predicted octanol–water partition coefficient (Wildman–Crippen LogP) is 3.40. The number of aryl methyl sites for hydroxylation is 4. The van der Waals surface area contributed by atoms with Crippen molar-refractivity contribution < 1.29 is 49.6 Å². The average Bonchev–Trinajstić information content (AvgIpc) is 2.83. The van der Waals surface area contributed by atoms with Gasteiger partial charge in [-0.1, -0.05) is 39.5 Å². The van der Waals surface area contributed by atoms with Crippen molar-refractivity contribution in [3.63, 3.8) is 0 Å². The Labute approximate surface area is 209 Å². The van der Waals surface area contributed by atoms with Crippen LogP contribution in [0, 0.1) is 13.8 Å². The summed E-state index contributed by atoms with van der Waals surface area (Å²) in [5, 5.41) is 23.2. The zero-order valence-electron chi connectivity index (χ0n) is 20.8. The van der Waals surface area contributed by atoms with Gasteiger partial charge >= 0.3 is 21.0 Å². The van der Waals surface area contributed by atoms with E-state index >= 15 is 0 Å². The van der Waals surface area contributed by atoms with Crippen LogP contribution in [0.1, 0.15) is 75.4 Å². The fourth-order valence-electron chi connectivity index (χ4n) is 3.21. The summed E-state index contributed by atoms with van der Waals surface area (Å²) >= 11 is 1.06. The molecule has 10 heteroatoms. The third kappa shape index (κ3) is 9.03. The zero-order valence-corrected chi connectivity index (χ0v) is 22.2. The predicted molar refractivity (Wildman–Crippen MR) is 119 cm³/mol. The van der Waals surface area contributed by atoms with E-state index in [4.69, 9.17) is 22.0 Å². The van der Waals surface area contributed by atoms with Crippen molar-refractivity contribution in [3.8, 4) is 23.0 Å². The number of rotatable bonds is 10. The van der Waals surface area contributed by atoms with Crippen molar-refractivity contribution >= 4 is 0 Å². The molecule has 0 spiro atoms. The first-order valence-electron chi connectivity index (χ1n) is 11.2. The fourth-order valence-corrected chi connectivity index (χ4v) is 3.21. The molecule has 0 aliphatic heterocycles.